The molecule has 62 heavy (non-hydrogen) atoms. The molecule has 0 aliphatic heterocycles. The molecule has 0 spiro atoms. The van der Waals surface area contributed by atoms with Gasteiger partial charge in [-0.05, 0) is 25.7 Å². The molecular weight excluding hydrogens is 767 g/mol. The molecule has 0 radical (unpaired) electrons. The third kappa shape index (κ3) is 48.3. The van der Waals surface area contributed by atoms with E-state index in [1.165, 1.54) is 238 Å². The van der Waals surface area contributed by atoms with Crippen molar-refractivity contribution in [3.63, 3.8) is 0 Å². The summed E-state index contributed by atoms with van der Waals surface area (Å²) in [6, 6.07) is -0.550. The van der Waals surface area contributed by atoms with Gasteiger partial charge in [0.1, 0.15) is 0 Å². The first kappa shape index (κ1) is 60.9. The predicted octanol–water partition coefficient (Wildman–Crippen LogP) is 17.1. The Bertz CT molecular complexity index is 882. The highest BCUT2D eigenvalue weighted by atomic mass is 16.5. The number of carbonyl (C=O) groups excluding carboxylic acids is 2. The van der Waals surface area contributed by atoms with E-state index >= 15 is 0 Å². The van der Waals surface area contributed by atoms with Crippen LogP contribution in [0.5, 0.6) is 0 Å². The van der Waals surface area contributed by atoms with Crippen molar-refractivity contribution in [2.24, 2.45) is 0 Å². The Labute approximate surface area is 387 Å². The highest BCUT2D eigenvalue weighted by Gasteiger charge is 2.20. The van der Waals surface area contributed by atoms with Gasteiger partial charge in [0.15, 0.2) is 0 Å². The topological polar surface area (TPSA) is 95.9 Å². The molecular formula is C56H111NO5. The molecule has 0 fully saturated rings. The van der Waals surface area contributed by atoms with Crippen LogP contribution in [-0.2, 0) is 14.3 Å². The largest absolute Gasteiger partial charge is 0.466 e. The van der Waals surface area contributed by atoms with Crippen molar-refractivity contribution >= 4 is 11.9 Å². The van der Waals surface area contributed by atoms with Crippen LogP contribution in [-0.4, -0.2) is 47.4 Å². The lowest BCUT2D eigenvalue weighted by Gasteiger charge is -2.22. The summed E-state index contributed by atoms with van der Waals surface area (Å²) in [6.45, 7) is 4.95. The molecule has 1 amide bonds. The molecule has 0 rings (SSSR count). The Morgan fingerprint density at radius 3 is 0.984 bits per heavy atom. The second-order valence-corrected chi connectivity index (χ2v) is 19.6. The van der Waals surface area contributed by atoms with E-state index in [-0.39, 0.29) is 18.5 Å². The second-order valence-electron chi connectivity index (χ2n) is 19.6. The van der Waals surface area contributed by atoms with Crippen LogP contribution in [0.25, 0.3) is 0 Å². The monoisotopic (exact) mass is 878 g/mol. The maximum absolute atomic E-state index is 12.5. The Kier molecular flexibility index (Phi) is 51.5. The van der Waals surface area contributed by atoms with Crippen molar-refractivity contribution < 1.29 is 24.5 Å². The molecule has 6 nitrogen and oxygen atoms in total. The number of hydrogen-bond donors (Lipinski definition) is 3. The number of amides is 1. The molecule has 0 aromatic heterocycles. The molecule has 0 saturated heterocycles. The fraction of sp³-hybridized carbons (Fsp3) is 0.964. The Morgan fingerprint density at radius 2 is 0.661 bits per heavy atom. The van der Waals surface area contributed by atoms with Gasteiger partial charge in [0.05, 0.1) is 25.4 Å². The van der Waals surface area contributed by atoms with Crippen LogP contribution in [0.1, 0.15) is 322 Å². The second kappa shape index (κ2) is 52.5. The van der Waals surface area contributed by atoms with Crippen LogP contribution in [0.3, 0.4) is 0 Å². The Balaban J connectivity index is 3.44. The maximum Gasteiger partial charge on any atom is 0.305 e. The quantitative estimate of drug-likeness (QED) is 0.0418. The van der Waals surface area contributed by atoms with E-state index < -0.39 is 12.1 Å². The molecule has 0 saturated carbocycles. The van der Waals surface area contributed by atoms with Crippen LogP contribution >= 0.6 is 0 Å². The summed E-state index contributed by atoms with van der Waals surface area (Å²) in [6.07, 6.45) is 59.4. The van der Waals surface area contributed by atoms with E-state index in [4.69, 9.17) is 4.74 Å². The zero-order valence-corrected chi connectivity index (χ0v) is 42.1. The van der Waals surface area contributed by atoms with Gasteiger partial charge in [-0.1, -0.05) is 284 Å². The minimum absolute atomic E-state index is 0.00452. The molecule has 0 heterocycles. The lowest BCUT2D eigenvalue weighted by molar-refractivity contribution is -0.143. The number of ether oxygens (including phenoxy) is 1. The van der Waals surface area contributed by atoms with Gasteiger partial charge >= 0.3 is 5.97 Å². The van der Waals surface area contributed by atoms with Gasteiger partial charge in [-0.15, -0.1) is 0 Å². The number of rotatable bonds is 53. The van der Waals surface area contributed by atoms with Crippen LogP contribution < -0.4 is 5.32 Å². The lowest BCUT2D eigenvalue weighted by Crippen LogP contribution is -2.45. The van der Waals surface area contributed by atoms with Gasteiger partial charge in [0.25, 0.3) is 0 Å². The first-order valence-corrected chi connectivity index (χ1v) is 28.3. The van der Waals surface area contributed by atoms with Gasteiger partial charge in [-0.2, -0.15) is 0 Å². The third-order valence-corrected chi connectivity index (χ3v) is 13.4. The van der Waals surface area contributed by atoms with Gasteiger partial charge in [-0.3, -0.25) is 9.59 Å². The first-order chi connectivity index (χ1) is 30.5. The number of aliphatic hydroxyl groups excluding tert-OH is 2. The van der Waals surface area contributed by atoms with Crippen LogP contribution in [0.2, 0.25) is 0 Å². The summed E-state index contributed by atoms with van der Waals surface area (Å²) >= 11 is 0. The van der Waals surface area contributed by atoms with E-state index in [0.29, 0.717) is 25.9 Å². The fourth-order valence-corrected chi connectivity index (χ4v) is 9.05. The van der Waals surface area contributed by atoms with E-state index in [9.17, 15) is 19.8 Å². The summed E-state index contributed by atoms with van der Waals surface area (Å²) in [5.74, 6) is -0.0483. The van der Waals surface area contributed by atoms with Crippen LogP contribution in [0, 0.1) is 0 Å². The number of esters is 1. The molecule has 3 N–H and O–H groups in total. The molecule has 0 aromatic rings. The fourth-order valence-electron chi connectivity index (χ4n) is 9.05. The number of carbonyl (C=O) groups is 2. The van der Waals surface area contributed by atoms with Crippen molar-refractivity contribution in [2.45, 2.75) is 334 Å². The van der Waals surface area contributed by atoms with Crippen LogP contribution in [0.15, 0.2) is 0 Å². The van der Waals surface area contributed by atoms with Gasteiger partial charge in [0.2, 0.25) is 5.91 Å². The van der Waals surface area contributed by atoms with E-state index in [2.05, 4.69) is 19.2 Å². The number of aliphatic hydroxyl groups is 2. The highest BCUT2D eigenvalue weighted by Crippen LogP contribution is 2.18. The van der Waals surface area contributed by atoms with Crippen molar-refractivity contribution in [2.75, 3.05) is 13.2 Å². The Morgan fingerprint density at radius 1 is 0.387 bits per heavy atom. The molecule has 6 heteroatoms. The summed E-state index contributed by atoms with van der Waals surface area (Å²) in [7, 11) is 0. The molecule has 0 aromatic carbocycles. The van der Waals surface area contributed by atoms with Crippen molar-refractivity contribution in [1.82, 2.24) is 5.32 Å². The van der Waals surface area contributed by atoms with Gasteiger partial charge in [0, 0.05) is 12.8 Å². The normalized spacial score (nSPS) is 12.5. The van der Waals surface area contributed by atoms with E-state index in [1.54, 1.807) is 0 Å². The summed E-state index contributed by atoms with van der Waals surface area (Å²) in [5.41, 5.74) is 0. The maximum atomic E-state index is 12.5. The zero-order valence-electron chi connectivity index (χ0n) is 42.1. The number of nitrogens with one attached hydrogen (secondary N) is 1. The Hall–Kier alpha value is -1.14. The average molecular weight is 879 g/mol. The van der Waals surface area contributed by atoms with Gasteiger partial charge in [-0.25, -0.2) is 0 Å². The molecule has 2 unspecified atom stereocenters. The zero-order chi connectivity index (χ0) is 45.1. The number of hydrogen-bond acceptors (Lipinski definition) is 5. The minimum Gasteiger partial charge on any atom is -0.466 e. The van der Waals surface area contributed by atoms with Gasteiger partial charge < -0.3 is 20.3 Å². The summed E-state index contributed by atoms with van der Waals surface area (Å²) < 4.78 is 5.45. The predicted molar refractivity (Wildman–Crippen MR) is 269 cm³/mol. The average Bonchev–Trinajstić information content (AvgIpc) is 3.27. The summed E-state index contributed by atoms with van der Waals surface area (Å²) in [5, 5.41) is 23.3. The first-order valence-electron chi connectivity index (χ1n) is 28.3. The van der Waals surface area contributed by atoms with Crippen molar-refractivity contribution in [1.29, 1.82) is 0 Å². The molecule has 0 aliphatic carbocycles. The lowest BCUT2D eigenvalue weighted by atomic mass is 10.0. The standard InChI is InChI=1S/C56H111NO5/c1-3-5-7-9-11-13-15-16-17-18-19-20-21-22-23-25-29-32-36-40-44-48-54(59)53(52-58)57-55(60)49-45-41-37-33-30-26-24-27-31-35-39-43-47-51-62-56(61)50-46-42-38-34-28-14-12-10-8-6-4-2/h53-54,58-59H,3-52H2,1-2H3,(H,57,60). The molecule has 0 bridgehead atoms. The van der Waals surface area contributed by atoms with Crippen molar-refractivity contribution in [3.05, 3.63) is 0 Å². The van der Waals surface area contributed by atoms with E-state index in [1.807, 2.05) is 0 Å². The molecule has 370 valence electrons. The highest BCUT2D eigenvalue weighted by molar-refractivity contribution is 5.76. The van der Waals surface area contributed by atoms with Crippen molar-refractivity contribution in [3.8, 4) is 0 Å². The summed E-state index contributed by atoms with van der Waals surface area (Å²) in [4.78, 5) is 24.5. The smallest absolute Gasteiger partial charge is 0.305 e. The van der Waals surface area contributed by atoms with Crippen LogP contribution in [0.4, 0.5) is 0 Å². The number of unbranched alkanes of at least 4 members (excludes halogenated alkanes) is 42. The SMILES string of the molecule is CCCCCCCCCCCCCCCCCCCCCCCC(O)C(CO)NC(=O)CCCCCCCCCCCCCCCOC(=O)CCCCCCCCCCCCC. The minimum atomic E-state index is -0.672. The molecule has 2 atom stereocenters. The third-order valence-electron chi connectivity index (χ3n) is 13.4. The van der Waals surface area contributed by atoms with E-state index in [0.717, 1.165) is 51.4 Å². The molecule has 0 aliphatic rings.